The third-order valence-electron chi connectivity index (χ3n) is 7.48. The Hall–Kier alpha value is -2.15. The molecule has 228 valence electrons. The second-order valence-electron chi connectivity index (χ2n) is 13.0. The number of hydrogen-bond acceptors (Lipinski definition) is 0. The van der Waals surface area contributed by atoms with Crippen LogP contribution in [0.5, 0.6) is 0 Å². The van der Waals surface area contributed by atoms with Gasteiger partial charge in [-0.3, -0.25) is 6.08 Å². The smallest absolute Gasteiger partial charge is 0.109 e. The maximum atomic E-state index is 6.00. The number of benzene rings is 4. The van der Waals surface area contributed by atoms with Crippen molar-refractivity contribution in [2.75, 3.05) is 0 Å². The number of rotatable bonds is 2. The fourth-order valence-electron chi connectivity index (χ4n) is 4.83. The number of aryl methyl sites for hydroxylation is 1. The van der Waals surface area contributed by atoms with Gasteiger partial charge < -0.3 is 24.8 Å². The van der Waals surface area contributed by atoms with Crippen LogP contribution in [0.3, 0.4) is 0 Å². The quantitative estimate of drug-likeness (QED) is 0.215. The Morgan fingerprint density at radius 2 is 1.27 bits per heavy atom. The van der Waals surface area contributed by atoms with E-state index in [2.05, 4.69) is 133 Å². The zero-order chi connectivity index (χ0) is 30.5. The molecule has 0 amide bonds. The first-order valence-electron chi connectivity index (χ1n) is 14.6. The van der Waals surface area contributed by atoms with Crippen molar-refractivity contribution in [3.05, 3.63) is 148 Å². The minimum atomic E-state index is 0. The van der Waals surface area contributed by atoms with Crippen LogP contribution in [0.25, 0.3) is 21.5 Å². The molecule has 0 spiro atoms. The van der Waals surface area contributed by atoms with Gasteiger partial charge in [-0.05, 0) is 10.8 Å². The van der Waals surface area contributed by atoms with E-state index < -0.39 is 0 Å². The summed E-state index contributed by atoms with van der Waals surface area (Å²) in [6, 6.07) is 32.8. The summed E-state index contributed by atoms with van der Waals surface area (Å²) in [5, 5.41) is 6.27. The Bertz CT molecular complexity index is 1660. The molecule has 0 N–H and O–H groups in total. The minimum Gasteiger partial charge on any atom is -1.00 e. The molecule has 0 bridgehead atoms. The van der Waals surface area contributed by atoms with Gasteiger partial charge in [0.15, 0.2) is 0 Å². The first-order chi connectivity index (χ1) is 19.8. The third kappa shape index (κ3) is 10.2. The van der Waals surface area contributed by atoms with Gasteiger partial charge in [0.25, 0.3) is 0 Å². The van der Waals surface area contributed by atoms with Crippen LogP contribution in [-0.4, -0.2) is 3.21 Å². The molecule has 44 heavy (non-hydrogen) atoms. The Morgan fingerprint density at radius 3 is 1.68 bits per heavy atom. The van der Waals surface area contributed by atoms with Gasteiger partial charge in [0, 0.05) is 0 Å². The molecule has 6 rings (SSSR count). The summed E-state index contributed by atoms with van der Waals surface area (Å²) in [6.07, 6.45) is 10.0. The van der Waals surface area contributed by atoms with E-state index in [1.807, 2.05) is 30.4 Å². The van der Waals surface area contributed by atoms with E-state index in [1.54, 1.807) is 0 Å². The predicted octanol–water partition coefficient (Wildman–Crippen LogP) is 5.38. The zero-order valence-electron chi connectivity index (χ0n) is 26.7. The molecule has 0 saturated carbocycles. The van der Waals surface area contributed by atoms with Gasteiger partial charge in [-0.15, -0.1) is 46.2 Å². The fourth-order valence-corrected chi connectivity index (χ4v) is 5.81. The molecule has 0 nitrogen and oxygen atoms in total. The molecule has 0 fully saturated rings. The maximum Gasteiger partial charge on any atom is -0.109 e. The number of allylic oxidation sites excluding steroid dienone is 4. The molecule has 0 unspecified atom stereocenters. The van der Waals surface area contributed by atoms with Gasteiger partial charge in [0.1, 0.15) is 0 Å². The Kier molecular flexibility index (Phi) is 14.2. The minimum absolute atomic E-state index is 0. The summed E-state index contributed by atoms with van der Waals surface area (Å²) >= 11 is 7.40. The van der Waals surface area contributed by atoms with Crippen molar-refractivity contribution >= 4 is 36.4 Å². The summed E-state index contributed by atoms with van der Waals surface area (Å²) in [5.74, 6) is 0. The topological polar surface area (TPSA) is 0 Å². The second kappa shape index (κ2) is 16.4. The van der Waals surface area contributed by atoms with Crippen molar-refractivity contribution in [3.8, 4) is 0 Å². The molecule has 0 aromatic heterocycles. The van der Waals surface area contributed by atoms with Crippen molar-refractivity contribution in [1.29, 1.82) is 0 Å². The molecular formula is C40H41Cl3Zr-2. The van der Waals surface area contributed by atoms with Crippen molar-refractivity contribution in [1.82, 2.24) is 0 Å². The zero-order valence-corrected chi connectivity index (χ0v) is 31.5. The first kappa shape index (κ1) is 38.0. The average Bonchev–Trinajstić information content (AvgIpc) is 3.64. The summed E-state index contributed by atoms with van der Waals surface area (Å²) < 4.78 is 1.34. The molecule has 0 radical (unpaired) electrons. The van der Waals surface area contributed by atoms with Gasteiger partial charge in [-0.2, -0.15) is 6.08 Å². The van der Waals surface area contributed by atoms with E-state index in [9.17, 15) is 0 Å². The molecule has 0 aliphatic heterocycles. The third-order valence-corrected chi connectivity index (χ3v) is 9.13. The monoisotopic (exact) mass is 716 g/mol. The van der Waals surface area contributed by atoms with E-state index in [0.717, 1.165) is 11.4 Å². The molecule has 1 aliphatic rings. The Morgan fingerprint density at radius 1 is 0.727 bits per heavy atom. The normalized spacial score (nSPS) is 12.0. The van der Waals surface area contributed by atoms with Crippen LogP contribution in [0.4, 0.5) is 0 Å². The molecular weight excluding hydrogens is 678 g/mol. The molecule has 4 heteroatoms. The van der Waals surface area contributed by atoms with Crippen molar-refractivity contribution in [2.24, 2.45) is 0 Å². The molecule has 1 aliphatic carbocycles. The summed E-state index contributed by atoms with van der Waals surface area (Å²) in [4.78, 5) is 0. The van der Waals surface area contributed by atoms with Crippen LogP contribution >= 0.6 is 11.6 Å². The Balaban J connectivity index is 0.000000260. The number of hydrogen-bond donors (Lipinski definition) is 0. The Labute approximate surface area is 297 Å². The molecule has 0 atom stereocenters. The number of halogens is 3. The van der Waals surface area contributed by atoms with Crippen LogP contribution < -0.4 is 24.8 Å². The fraction of sp³-hybridized carbons (Fsp3) is 0.250. The van der Waals surface area contributed by atoms with E-state index in [1.165, 1.54) is 76.8 Å². The van der Waals surface area contributed by atoms with Gasteiger partial charge in [-0.25, -0.2) is 12.2 Å². The van der Waals surface area contributed by atoms with Gasteiger partial charge >= 0.3 is 116 Å². The van der Waals surface area contributed by atoms with E-state index >= 15 is 0 Å². The molecule has 0 heterocycles. The largest absolute Gasteiger partial charge is 1.00 e. The number of fused-ring (bicyclic) bond motifs is 3. The summed E-state index contributed by atoms with van der Waals surface area (Å²) in [7, 11) is 0. The van der Waals surface area contributed by atoms with Gasteiger partial charge in [0.2, 0.25) is 0 Å². The van der Waals surface area contributed by atoms with Crippen LogP contribution in [0, 0.1) is 13.0 Å². The van der Waals surface area contributed by atoms with Crippen molar-refractivity contribution < 1.29 is 49.0 Å². The molecule has 5 aromatic carbocycles. The van der Waals surface area contributed by atoms with E-state index in [0.29, 0.717) is 0 Å². The summed E-state index contributed by atoms with van der Waals surface area (Å²) in [5.41, 5.74) is 7.00. The van der Waals surface area contributed by atoms with Crippen LogP contribution in [0.15, 0.2) is 109 Å². The average molecular weight is 719 g/mol. The van der Waals surface area contributed by atoms with Crippen LogP contribution in [-0.2, 0) is 35.1 Å². The van der Waals surface area contributed by atoms with Gasteiger partial charge in [0.05, 0.1) is 0 Å². The van der Waals surface area contributed by atoms with Crippen molar-refractivity contribution in [2.45, 2.75) is 65.7 Å². The van der Waals surface area contributed by atoms with E-state index in [4.69, 9.17) is 11.6 Å². The molecule has 0 saturated heterocycles. The first-order valence-corrected chi connectivity index (χ1v) is 16.2. The van der Waals surface area contributed by atoms with Gasteiger partial charge in [-0.1, -0.05) is 76.9 Å². The van der Waals surface area contributed by atoms with Crippen LogP contribution in [0.1, 0.15) is 75.8 Å². The van der Waals surface area contributed by atoms with Crippen molar-refractivity contribution in [3.63, 3.8) is 0 Å². The SMILES string of the molecule is CC(C)(C)c1ccc2c(c1)[cH-]c1cc(C(C)(C)C)ccc12.Cc1ccc([C](=[Zr+2])c2cccc(Cl)c2)cc1.[C-]1=CC=CC1.[Cl-].[Cl-]. The maximum absolute atomic E-state index is 6.00. The van der Waals surface area contributed by atoms with Crippen LogP contribution in [0.2, 0.25) is 5.02 Å². The second-order valence-corrected chi connectivity index (χ2v) is 14.7. The summed E-state index contributed by atoms with van der Waals surface area (Å²) in [6.45, 7) is 15.7. The molecule has 5 aromatic rings. The standard InChI is InChI=1S/C21H25.C14H11Cl.C5H5.2ClH.Zr/c1-20(2,3)16-7-9-18-14(12-16)11-15-13-17(21(4,5)6)8-10-19(15)18;1-11-5-7-12(8-6-11)9-13-3-2-4-14(15)10-13;1-2-4-5-3-1;;;/h7-13H,1-6H3;2-8,10H,1H3;1-3H,4H2;2*1H;/q-1;;-1;;;+2/p-2. The van der Waals surface area contributed by atoms with E-state index in [-0.39, 0.29) is 35.6 Å². The predicted molar refractivity (Wildman–Crippen MR) is 182 cm³/mol.